The van der Waals surface area contributed by atoms with Crippen LogP contribution in [0.3, 0.4) is 0 Å². The minimum absolute atomic E-state index is 0.349. The lowest BCUT2D eigenvalue weighted by molar-refractivity contribution is 0.0690. The molecule has 5 rings (SSSR count). The highest BCUT2D eigenvalue weighted by atomic mass is 16.4. The number of nitrogens with one attached hydrogen (secondary N) is 1. The number of fused-ring (bicyclic) bond motifs is 4. The van der Waals surface area contributed by atoms with E-state index in [0.717, 1.165) is 30.9 Å². The van der Waals surface area contributed by atoms with Gasteiger partial charge >= 0.3 is 5.97 Å². The van der Waals surface area contributed by atoms with Gasteiger partial charge in [0, 0.05) is 19.1 Å². The highest BCUT2D eigenvalue weighted by molar-refractivity contribution is 5.90. The zero-order chi connectivity index (χ0) is 15.8. The molecule has 3 saturated heterocycles. The number of carboxylic acid groups (broad SMARTS) is 1. The molecule has 0 amide bonds. The monoisotopic (exact) mass is 314 g/mol. The van der Waals surface area contributed by atoms with Gasteiger partial charge in [-0.05, 0) is 74.2 Å². The lowest BCUT2D eigenvalue weighted by Gasteiger charge is -2.45. The number of hydrogen-bond donors (Lipinski definition) is 2. The maximum absolute atomic E-state index is 11.6. The summed E-state index contributed by atoms with van der Waals surface area (Å²) in [5, 5.41) is 13.3. The number of aryl methyl sites for hydroxylation is 1. The SMILES string of the molecule is O=C(O)c1cccc2c1C(CN[C@H]1CN3CCC1CC3)CCC2. The van der Waals surface area contributed by atoms with Crippen LogP contribution in [0.25, 0.3) is 0 Å². The third-order valence-electron chi connectivity index (χ3n) is 6.12. The molecule has 2 N–H and O–H groups in total. The number of piperidine rings is 3. The zero-order valence-corrected chi connectivity index (χ0v) is 13.6. The van der Waals surface area contributed by atoms with Crippen LogP contribution in [-0.2, 0) is 6.42 Å². The molecule has 23 heavy (non-hydrogen) atoms. The first kappa shape index (κ1) is 15.2. The molecule has 3 aliphatic heterocycles. The molecule has 4 nitrogen and oxygen atoms in total. The van der Waals surface area contributed by atoms with Gasteiger partial charge in [-0.25, -0.2) is 4.79 Å². The molecule has 2 atom stereocenters. The topological polar surface area (TPSA) is 52.6 Å². The summed E-state index contributed by atoms with van der Waals surface area (Å²) in [6.07, 6.45) is 5.93. The molecule has 3 heterocycles. The van der Waals surface area contributed by atoms with Crippen molar-refractivity contribution in [2.75, 3.05) is 26.2 Å². The Balaban J connectivity index is 1.50. The number of nitrogens with zero attached hydrogens (tertiary/aromatic N) is 1. The van der Waals surface area contributed by atoms with E-state index < -0.39 is 5.97 Å². The van der Waals surface area contributed by atoms with Crippen LogP contribution in [0.2, 0.25) is 0 Å². The summed E-state index contributed by atoms with van der Waals surface area (Å²) in [6.45, 7) is 4.62. The first-order valence-electron chi connectivity index (χ1n) is 9.03. The van der Waals surface area contributed by atoms with Gasteiger partial charge in [0.25, 0.3) is 0 Å². The van der Waals surface area contributed by atoms with Gasteiger partial charge in [-0.1, -0.05) is 12.1 Å². The first-order valence-corrected chi connectivity index (χ1v) is 9.03. The van der Waals surface area contributed by atoms with Crippen molar-refractivity contribution in [2.45, 2.75) is 44.1 Å². The van der Waals surface area contributed by atoms with E-state index in [1.54, 1.807) is 6.07 Å². The smallest absolute Gasteiger partial charge is 0.335 e. The number of carboxylic acids is 1. The first-order chi connectivity index (χ1) is 11.2. The summed E-state index contributed by atoms with van der Waals surface area (Å²) in [4.78, 5) is 14.2. The lowest BCUT2D eigenvalue weighted by Crippen LogP contribution is -2.56. The molecule has 1 aromatic rings. The van der Waals surface area contributed by atoms with Gasteiger partial charge in [0.05, 0.1) is 5.56 Å². The van der Waals surface area contributed by atoms with Gasteiger partial charge in [-0.15, -0.1) is 0 Å². The number of benzene rings is 1. The van der Waals surface area contributed by atoms with Crippen LogP contribution in [0.15, 0.2) is 18.2 Å². The Morgan fingerprint density at radius 1 is 1.26 bits per heavy atom. The largest absolute Gasteiger partial charge is 0.478 e. The van der Waals surface area contributed by atoms with E-state index in [0.29, 0.717) is 17.5 Å². The lowest BCUT2D eigenvalue weighted by atomic mass is 9.79. The molecule has 1 aliphatic carbocycles. The van der Waals surface area contributed by atoms with Crippen molar-refractivity contribution in [2.24, 2.45) is 5.92 Å². The van der Waals surface area contributed by atoms with Crippen molar-refractivity contribution in [3.05, 3.63) is 34.9 Å². The van der Waals surface area contributed by atoms with Crippen molar-refractivity contribution in [1.29, 1.82) is 0 Å². The molecule has 0 aromatic heterocycles. The van der Waals surface area contributed by atoms with Gasteiger partial charge in [0.15, 0.2) is 0 Å². The second-order valence-electron chi connectivity index (χ2n) is 7.43. The number of hydrogen-bond acceptors (Lipinski definition) is 3. The Morgan fingerprint density at radius 3 is 2.78 bits per heavy atom. The van der Waals surface area contributed by atoms with Crippen molar-refractivity contribution < 1.29 is 9.90 Å². The number of aromatic carboxylic acids is 1. The molecular formula is C19H26N2O2. The zero-order valence-electron chi connectivity index (χ0n) is 13.6. The van der Waals surface area contributed by atoms with E-state index >= 15 is 0 Å². The van der Waals surface area contributed by atoms with Crippen molar-refractivity contribution >= 4 is 5.97 Å². The summed E-state index contributed by atoms with van der Waals surface area (Å²) in [5.41, 5.74) is 2.86. The maximum Gasteiger partial charge on any atom is 0.335 e. The molecule has 2 bridgehead atoms. The fraction of sp³-hybridized carbons (Fsp3) is 0.632. The summed E-state index contributed by atoms with van der Waals surface area (Å²) >= 11 is 0. The van der Waals surface area contributed by atoms with Crippen LogP contribution in [0.1, 0.15) is 53.1 Å². The van der Waals surface area contributed by atoms with E-state index in [2.05, 4.69) is 16.3 Å². The number of rotatable bonds is 4. The maximum atomic E-state index is 11.6. The van der Waals surface area contributed by atoms with E-state index in [-0.39, 0.29) is 0 Å². The quantitative estimate of drug-likeness (QED) is 0.896. The average Bonchev–Trinajstić information content (AvgIpc) is 2.60. The second-order valence-corrected chi connectivity index (χ2v) is 7.43. The van der Waals surface area contributed by atoms with Crippen LogP contribution < -0.4 is 5.32 Å². The molecule has 1 unspecified atom stereocenters. The predicted octanol–water partition coefficient (Wildman–Crippen LogP) is 2.49. The van der Waals surface area contributed by atoms with Crippen LogP contribution in [0.5, 0.6) is 0 Å². The van der Waals surface area contributed by atoms with Crippen molar-refractivity contribution in [3.63, 3.8) is 0 Å². The molecule has 4 heteroatoms. The fourth-order valence-electron chi connectivity index (χ4n) is 4.88. The predicted molar refractivity (Wildman–Crippen MR) is 90.0 cm³/mol. The van der Waals surface area contributed by atoms with Crippen molar-refractivity contribution in [3.8, 4) is 0 Å². The van der Waals surface area contributed by atoms with Gasteiger partial charge in [0.2, 0.25) is 0 Å². The fourth-order valence-corrected chi connectivity index (χ4v) is 4.88. The van der Waals surface area contributed by atoms with Crippen molar-refractivity contribution in [1.82, 2.24) is 10.2 Å². The summed E-state index contributed by atoms with van der Waals surface area (Å²) in [6, 6.07) is 6.38. The molecule has 0 radical (unpaired) electrons. The molecule has 3 fully saturated rings. The van der Waals surface area contributed by atoms with Crippen LogP contribution >= 0.6 is 0 Å². The summed E-state index contributed by atoms with van der Waals surface area (Å²) < 4.78 is 0. The molecule has 1 aromatic carbocycles. The van der Waals surface area contributed by atoms with E-state index in [4.69, 9.17) is 0 Å². The minimum atomic E-state index is -0.781. The average molecular weight is 314 g/mol. The third-order valence-corrected chi connectivity index (χ3v) is 6.12. The van der Waals surface area contributed by atoms with E-state index in [1.807, 2.05) is 6.07 Å². The van der Waals surface area contributed by atoms with Gasteiger partial charge in [-0.3, -0.25) is 0 Å². The van der Waals surface area contributed by atoms with E-state index in [1.165, 1.54) is 44.5 Å². The molecule has 124 valence electrons. The Hall–Kier alpha value is -1.39. The highest BCUT2D eigenvalue weighted by Crippen LogP contribution is 2.35. The highest BCUT2D eigenvalue weighted by Gasteiger charge is 2.34. The van der Waals surface area contributed by atoms with Gasteiger partial charge < -0.3 is 15.3 Å². The Bertz CT molecular complexity index is 593. The van der Waals surface area contributed by atoms with Crippen LogP contribution in [-0.4, -0.2) is 48.2 Å². The Labute approximate surface area is 137 Å². The molecular weight excluding hydrogens is 288 g/mol. The summed E-state index contributed by atoms with van der Waals surface area (Å²) in [5.74, 6) is 0.385. The van der Waals surface area contributed by atoms with E-state index in [9.17, 15) is 9.90 Å². The second kappa shape index (κ2) is 6.25. The third kappa shape index (κ3) is 2.90. The van der Waals surface area contributed by atoms with Crippen LogP contribution in [0.4, 0.5) is 0 Å². The molecule has 0 saturated carbocycles. The molecule has 0 spiro atoms. The van der Waals surface area contributed by atoms with Gasteiger partial charge in [-0.2, -0.15) is 0 Å². The molecule has 4 aliphatic rings. The van der Waals surface area contributed by atoms with Gasteiger partial charge in [0.1, 0.15) is 0 Å². The Morgan fingerprint density at radius 2 is 2.09 bits per heavy atom. The standard InChI is InChI=1S/C19H26N2O2/c22-19(23)16-6-2-4-14-3-1-5-15(18(14)16)11-20-17-12-21-9-7-13(17)8-10-21/h2,4,6,13,15,17,20H,1,3,5,7-12H2,(H,22,23)/t15?,17-/m0/s1. The number of carbonyl (C=O) groups is 1. The summed E-state index contributed by atoms with van der Waals surface area (Å²) in [7, 11) is 0. The van der Waals surface area contributed by atoms with Crippen LogP contribution in [0, 0.1) is 5.92 Å². The Kier molecular flexibility index (Phi) is 4.12. The normalized spacial score (nSPS) is 32.5. The minimum Gasteiger partial charge on any atom is -0.478 e.